The van der Waals surface area contributed by atoms with Gasteiger partial charge in [-0.3, -0.25) is 0 Å². The monoisotopic (exact) mass is 271 g/mol. The van der Waals surface area contributed by atoms with Crippen molar-refractivity contribution < 1.29 is 14.3 Å². The molecule has 0 saturated heterocycles. The molecule has 2 amide bonds. The number of hydrogen-bond donors (Lipinski definition) is 2. The zero-order valence-corrected chi connectivity index (χ0v) is 11.1. The first kappa shape index (κ1) is 13.6. The van der Waals surface area contributed by atoms with Crippen molar-refractivity contribution in [3.8, 4) is 6.07 Å². The van der Waals surface area contributed by atoms with Crippen LogP contribution < -0.4 is 10.6 Å². The molecule has 0 aliphatic carbocycles. The average molecular weight is 271 g/mol. The van der Waals surface area contributed by atoms with Gasteiger partial charge in [0.05, 0.1) is 30.4 Å². The standard InChI is InChI=1S/C14H13N3O3/c1-8-11(13(18)20-2)12(17-14(19)16-8)10-5-3-9(7-15)4-6-10/h3-6,12H,1-2H3,(H2,16,17,19). The third kappa shape index (κ3) is 2.47. The molecule has 0 saturated carbocycles. The van der Waals surface area contributed by atoms with Gasteiger partial charge in [0.1, 0.15) is 0 Å². The molecule has 20 heavy (non-hydrogen) atoms. The number of carbonyl (C=O) groups excluding carboxylic acids is 2. The molecule has 1 aliphatic heterocycles. The van der Waals surface area contributed by atoms with Crippen LogP contribution in [0, 0.1) is 11.3 Å². The largest absolute Gasteiger partial charge is 0.466 e. The topological polar surface area (TPSA) is 91.2 Å². The summed E-state index contributed by atoms with van der Waals surface area (Å²) in [5, 5.41) is 14.0. The highest BCUT2D eigenvalue weighted by Crippen LogP contribution is 2.27. The van der Waals surface area contributed by atoms with Crippen LogP contribution in [0.25, 0.3) is 0 Å². The summed E-state index contributed by atoms with van der Waals surface area (Å²) in [6.45, 7) is 1.64. The van der Waals surface area contributed by atoms with Crippen LogP contribution in [-0.2, 0) is 9.53 Å². The van der Waals surface area contributed by atoms with Gasteiger partial charge >= 0.3 is 12.0 Å². The second-order valence-corrected chi connectivity index (χ2v) is 4.30. The summed E-state index contributed by atoms with van der Waals surface area (Å²) in [7, 11) is 1.29. The van der Waals surface area contributed by atoms with Gasteiger partial charge in [-0.05, 0) is 24.6 Å². The van der Waals surface area contributed by atoms with E-state index in [1.54, 1.807) is 31.2 Å². The molecule has 6 heteroatoms. The van der Waals surface area contributed by atoms with Crippen molar-refractivity contribution in [2.24, 2.45) is 0 Å². The summed E-state index contributed by atoms with van der Waals surface area (Å²) in [4.78, 5) is 23.4. The zero-order valence-electron chi connectivity index (χ0n) is 11.1. The Labute approximate surface area is 116 Å². The van der Waals surface area contributed by atoms with E-state index in [0.717, 1.165) is 0 Å². The molecule has 1 aliphatic rings. The summed E-state index contributed by atoms with van der Waals surface area (Å²) in [5.74, 6) is -0.510. The number of urea groups is 1. The van der Waals surface area contributed by atoms with Crippen LogP contribution in [0.1, 0.15) is 24.1 Å². The number of carbonyl (C=O) groups is 2. The number of methoxy groups -OCH3 is 1. The van der Waals surface area contributed by atoms with E-state index in [9.17, 15) is 9.59 Å². The lowest BCUT2D eigenvalue weighted by molar-refractivity contribution is -0.136. The van der Waals surface area contributed by atoms with Crippen LogP contribution >= 0.6 is 0 Å². The van der Waals surface area contributed by atoms with E-state index in [1.807, 2.05) is 6.07 Å². The third-order valence-electron chi connectivity index (χ3n) is 3.05. The van der Waals surface area contributed by atoms with Gasteiger partial charge < -0.3 is 15.4 Å². The summed E-state index contributed by atoms with van der Waals surface area (Å²) in [5.41, 5.74) is 2.01. The Morgan fingerprint density at radius 3 is 2.55 bits per heavy atom. The van der Waals surface area contributed by atoms with Crippen molar-refractivity contribution in [3.05, 3.63) is 46.7 Å². The number of esters is 1. The average Bonchev–Trinajstić information content (AvgIpc) is 2.46. The Kier molecular flexibility index (Phi) is 3.71. The summed E-state index contributed by atoms with van der Waals surface area (Å²) in [6.07, 6.45) is 0. The van der Waals surface area contributed by atoms with Gasteiger partial charge in [0, 0.05) is 5.70 Å². The number of nitriles is 1. The zero-order chi connectivity index (χ0) is 14.7. The maximum absolute atomic E-state index is 11.9. The highest BCUT2D eigenvalue weighted by molar-refractivity contribution is 5.94. The first-order valence-corrected chi connectivity index (χ1v) is 5.93. The Bertz CT molecular complexity index is 626. The SMILES string of the molecule is COC(=O)C1=C(C)NC(=O)NC1c1ccc(C#N)cc1. The fraction of sp³-hybridized carbons (Fsp3) is 0.214. The second kappa shape index (κ2) is 5.45. The minimum absolute atomic E-state index is 0.344. The molecular weight excluding hydrogens is 258 g/mol. The molecule has 1 atom stereocenters. The van der Waals surface area contributed by atoms with E-state index < -0.39 is 12.0 Å². The van der Waals surface area contributed by atoms with Gasteiger partial charge in [0.25, 0.3) is 0 Å². The number of rotatable bonds is 2. The number of allylic oxidation sites excluding steroid dienone is 1. The van der Waals surface area contributed by atoms with Crippen molar-refractivity contribution in [2.75, 3.05) is 7.11 Å². The number of nitrogens with zero attached hydrogens (tertiary/aromatic N) is 1. The molecule has 0 spiro atoms. The van der Waals surface area contributed by atoms with Crippen molar-refractivity contribution in [2.45, 2.75) is 13.0 Å². The van der Waals surface area contributed by atoms with Gasteiger partial charge in [-0.15, -0.1) is 0 Å². The van der Waals surface area contributed by atoms with Crippen molar-refractivity contribution >= 4 is 12.0 Å². The lowest BCUT2D eigenvalue weighted by atomic mass is 9.95. The predicted molar refractivity (Wildman–Crippen MR) is 70.3 cm³/mol. The van der Waals surface area contributed by atoms with E-state index in [0.29, 0.717) is 22.4 Å². The number of benzene rings is 1. The Hall–Kier alpha value is -2.81. The fourth-order valence-corrected chi connectivity index (χ4v) is 2.07. The molecule has 1 unspecified atom stereocenters. The molecule has 0 fully saturated rings. The van der Waals surface area contributed by atoms with Gasteiger partial charge in [-0.1, -0.05) is 12.1 Å². The lowest BCUT2D eigenvalue weighted by Crippen LogP contribution is -2.45. The van der Waals surface area contributed by atoms with E-state index in [4.69, 9.17) is 10.00 Å². The van der Waals surface area contributed by atoms with Crippen LogP contribution in [0.15, 0.2) is 35.5 Å². The molecule has 6 nitrogen and oxygen atoms in total. The molecule has 2 N–H and O–H groups in total. The Morgan fingerprint density at radius 2 is 2.00 bits per heavy atom. The Morgan fingerprint density at radius 1 is 1.35 bits per heavy atom. The molecule has 0 aromatic heterocycles. The van der Waals surface area contributed by atoms with Crippen LogP contribution in [0.5, 0.6) is 0 Å². The van der Waals surface area contributed by atoms with Crippen molar-refractivity contribution in [3.63, 3.8) is 0 Å². The van der Waals surface area contributed by atoms with Crippen molar-refractivity contribution in [1.82, 2.24) is 10.6 Å². The molecule has 1 heterocycles. The molecule has 0 radical (unpaired) electrons. The number of hydrogen-bond acceptors (Lipinski definition) is 4. The van der Waals surface area contributed by atoms with Gasteiger partial charge in [-0.25, -0.2) is 9.59 Å². The first-order chi connectivity index (χ1) is 9.56. The maximum atomic E-state index is 11.9. The second-order valence-electron chi connectivity index (χ2n) is 4.30. The van der Waals surface area contributed by atoms with Crippen molar-refractivity contribution in [1.29, 1.82) is 5.26 Å². The van der Waals surface area contributed by atoms with Crippen LogP contribution in [0.4, 0.5) is 4.79 Å². The minimum atomic E-state index is -0.594. The maximum Gasteiger partial charge on any atom is 0.337 e. The highest BCUT2D eigenvalue weighted by atomic mass is 16.5. The molecule has 0 bridgehead atoms. The smallest absolute Gasteiger partial charge is 0.337 e. The molecule has 1 aromatic rings. The van der Waals surface area contributed by atoms with Gasteiger partial charge in [0.15, 0.2) is 0 Å². The first-order valence-electron chi connectivity index (χ1n) is 5.93. The van der Waals surface area contributed by atoms with Crippen LogP contribution in [-0.4, -0.2) is 19.1 Å². The quantitative estimate of drug-likeness (QED) is 0.794. The van der Waals surface area contributed by atoms with E-state index in [2.05, 4.69) is 10.6 Å². The fourth-order valence-electron chi connectivity index (χ4n) is 2.07. The lowest BCUT2D eigenvalue weighted by Gasteiger charge is -2.27. The number of nitrogens with one attached hydrogen (secondary N) is 2. The van der Waals surface area contributed by atoms with Crippen LogP contribution in [0.2, 0.25) is 0 Å². The predicted octanol–water partition coefficient (Wildman–Crippen LogP) is 1.36. The van der Waals surface area contributed by atoms with Gasteiger partial charge in [0.2, 0.25) is 0 Å². The summed E-state index contributed by atoms with van der Waals surface area (Å²) in [6, 6.07) is 7.70. The van der Waals surface area contributed by atoms with E-state index >= 15 is 0 Å². The summed E-state index contributed by atoms with van der Waals surface area (Å²) < 4.78 is 4.75. The molecule has 2 rings (SSSR count). The molecule has 1 aromatic carbocycles. The van der Waals surface area contributed by atoms with Crippen LogP contribution in [0.3, 0.4) is 0 Å². The third-order valence-corrected chi connectivity index (χ3v) is 3.05. The van der Waals surface area contributed by atoms with E-state index in [-0.39, 0.29) is 6.03 Å². The number of amides is 2. The Balaban J connectivity index is 2.45. The normalized spacial score (nSPS) is 17.9. The highest BCUT2D eigenvalue weighted by Gasteiger charge is 2.31. The minimum Gasteiger partial charge on any atom is -0.466 e. The molecular formula is C14H13N3O3. The van der Waals surface area contributed by atoms with Gasteiger partial charge in [-0.2, -0.15) is 5.26 Å². The molecule has 102 valence electrons. The number of ether oxygens (including phenoxy) is 1. The summed E-state index contributed by atoms with van der Waals surface area (Å²) >= 11 is 0. The van der Waals surface area contributed by atoms with E-state index in [1.165, 1.54) is 7.11 Å².